The number of nitrogens with two attached hydrogens (primary N) is 1. The minimum atomic E-state index is 0.341. The van der Waals surface area contributed by atoms with Crippen molar-refractivity contribution in [1.29, 1.82) is 0 Å². The van der Waals surface area contributed by atoms with Gasteiger partial charge in [-0.25, -0.2) is 9.97 Å². The first kappa shape index (κ1) is 16.2. The highest BCUT2D eigenvalue weighted by Gasteiger charge is 2.18. The van der Waals surface area contributed by atoms with Crippen molar-refractivity contribution < 1.29 is 4.74 Å². The summed E-state index contributed by atoms with van der Waals surface area (Å²) in [5.74, 6) is 2.12. The number of nitrogens with zero attached hydrogens (tertiary/aromatic N) is 2. The van der Waals surface area contributed by atoms with Gasteiger partial charge in [-0.3, -0.25) is 0 Å². The van der Waals surface area contributed by atoms with E-state index in [1.54, 1.807) is 0 Å². The van der Waals surface area contributed by atoms with Gasteiger partial charge < -0.3 is 15.8 Å². The summed E-state index contributed by atoms with van der Waals surface area (Å²) >= 11 is 0. The minimum absolute atomic E-state index is 0.341. The van der Waals surface area contributed by atoms with Crippen LogP contribution in [0.3, 0.4) is 0 Å². The van der Waals surface area contributed by atoms with E-state index in [1.165, 1.54) is 0 Å². The predicted molar refractivity (Wildman–Crippen MR) is 85.5 cm³/mol. The molecule has 118 valence electrons. The lowest BCUT2D eigenvalue weighted by Gasteiger charge is -2.26. The first-order chi connectivity index (χ1) is 10.0. The third-order valence-corrected chi connectivity index (χ3v) is 3.87. The largest absolute Gasteiger partial charge is 0.376 e. The highest BCUT2D eigenvalue weighted by atomic mass is 16.5. The number of nitrogens with one attached hydrogen (secondary N) is 1. The summed E-state index contributed by atoms with van der Waals surface area (Å²) in [5, 5.41) is 3.33. The van der Waals surface area contributed by atoms with Crippen molar-refractivity contribution in [1.82, 2.24) is 9.97 Å². The number of aromatic nitrogens is 2. The molecule has 1 heterocycles. The molecule has 3 N–H and O–H groups in total. The monoisotopic (exact) mass is 292 g/mol. The van der Waals surface area contributed by atoms with E-state index in [0.29, 0.717) is 24.7 Å². The van der Waals surface area contributed by atoms with Crippen molar-refractivity contribution in [2.45, 2.75) is 64.5 Å². The molecule has 5 nitrogen and oxygen atoms in total. The van der Waals surface area contributed by atoms with Gasteiger partial charge in [0.05, 0.1) is 12.7 Å². The zero-order valence-corrected chi connectivity index (χ0v) is 13.4. The molecule has 0 amide bonds. The number of aryl methyl sites for hydroxylation is 1. The molecule has 5 heteroatoms. The molecule has 1 aromatic heterocycles. The Morgan fingerprint density at radius 1 is 1.29 bits per heavy atom. The van der Waals surface area contributed by atoms with E-state index < -0.39 is 0 Å². The number of hydrogen-bond donors (Lipinski definition) is 2. The molecule has 1 aliphatic carbocycles. The van der Waals surface area contributed by atoms with Gasteiger partial charge in [0.2, 0.25) is 0 Å². The third-order valence-electron chi connectivity index (χ3n) is 3.87. The first-order valence-corrected chi connectivity index (χ1v) is 8.01. The normalized spacial score (nSPS) is 22.5. The molecule has 0 radical (unpaired) electrons. The van der Waals surface area contributed by atoms with Crippen molar-refractivity contribution in [2.75, 3.05) is 18.5 Å². The van der Waals surface area contributed by atoms with E-state index in [9.17, 15) is 0 Å². The van der Waals surface area contributed by atoms with Crippen molar-refractivity contribution in [3.05, 3.63) is 17.6 Å². The Labute approximate surface area is 127 Å². The van der Waals surface area contributed by atoms with Crippen LogP contribution in [0.1, 0.15) is 57.0 Å². The molecule has 0 spiro atoms. The second kappa shape index (κ2) is 7.71. The van der Waals surface area contributed by atoms with Crippen LogP contribution in [0.15, 0.2) is 6.07 Å². The number of rotatable bonds is 6. The van der Waals surface area contributed by atoms with Crippen molar-refractivity contribution >= 4 is 5.82 Å². The fraction of sp³-hybridized carbons (Fsp3) is 0.750. The lowest BCUT2D eigenvalue weighted by molar-refractivity contribution is 0.0313. The molecular formula is C16H28N4O. The minimum Gasteiger partial charge on any atom is -0.376 e. The molecule has 0 bridgehead atoms. The summed E-state index contributed by atoms with van der Waals surface area (Å²) in [7, 11) is 0. The van der Waals surface area contributed by atoms with Crippen LogP contribution in [0, 0.1) is 6.92 Å². The first-order valence-electron chi connectivity index (χ1n) is 8.01. The molecule has 0 atom stereocenters. The smallest absolute Gasteiger partial charge is 0.133 e. The average molecular weight is 292 g/mol. The van der Waals surface area contributed by atoms with E-state index in [-0.39, 0.29) is 0 Å². The van der Waals surface area contributed by atoms with Crippen molar-refractivity contribution in [3.63, 3.8) is 0 Å². The fourth-order valence-corrected chi connectivity index (χ4v) is 2.60. The topological polar surface area (TPSA) is 73.1 Å². The fourth-order valence-electron chi connectivity index (χ4n) is 2.60. The summed E-state index contributed by atoms with van der Waals surface area (Å²) in [6, 6.07) is 2.35. The van der Waals surface area contributed by atoms with Crippen LogP contribution < -0.4 is 11.1 Å². The lowest BCUT2D eigenvalue weighted by Crippen LogP contribution is -2.31. The quantitative estimate of drug-likeness (QED) is 0.788. The molecule has 0 aromatic carbocycles. The van der Waals surface area contributed by atoms with E-state index in [2.05, 4.69) is 29.1 Å². The van der Waals surface area contributed by atoms with Gasteiger partial charge in [0, 0.05) is 30.3 Å². The second-order valence-electron chi connectivity index (χ2n) is 6.24. The molecular weight excluding hydrogens is 264 g/mol. The molecule has 2 rings (SSSR count). The molecule has 0 saturated heterocycles. The van der Waals surface area contributed by atoms with E-state index in [0.717, 1.165) is 49.6 Å². The van der Waals surface area contributed by atoms with Crippen LogP contribution in [0.5, 0.6) is 0 Å². The standard InChI is InChI=1S/C16H28N4O/c1-11(2)16-19-12(3)10-15(20-16)18-8-9-21-14-6-4-13(17)5-7-14/h10-11,13-14H,4-9,17H2,1-3H3,(H,18,19,20). The SMILES string of the molecule is Cc1cc(NCCOC2CCC(N)CC2)nc(C(C)C)n1. The van der Waals surface area contributed by atoms with Crippen LogP contribution in [-0.2, 0) is 4.74 Å². The van der Waals surface area contributed by atoms with Gasteiger partial charge >= 0.3 is 0 Å². The maximum atomic E-state index is 5.90. The lowest BCUT2D eigenvalue weighted by atomic mass is 9.94. The number of anilines is 1. The van der Waals surface area contributed by atoms with Gasteiger partial charge in [-0.15, -0.1) is 0 Å². The van der Waals surface area contributed by atoms with Crippen LogP contribution in [-0.4, -0.2) is 35.3 Å². The van der Waals surface area contributed by atoms with Crippen LogP contribution >= 0.6 is 0 Å². The van der Waals surface area contributed by atoms with Gasteiger partial charge in [-0.1, -0.05) is 13.8 Å². The zero-order chi connectivity index (χ0) is 15.2. The maximum Gasteiger partial charge on any atom is 0.133 e. The zero-order valence-electron chi connectivity index (χ0n) is 13.4. The Balaban J connectivity index is 1.73. The Morgan fingerprint density at radius 2 is 2.00 bits per heavy atom. The summed E-state index contributed by atoms with van der Waals surface area (Å²) in [5.41, 5.74) is 6.90. The average Bonchev–Trinajstić information content (AvgIpc) is 2.45. The van der Waals surface area contributed by atoms with Crippen LogP contribution in [0.4, 0.5) is 5.82 Å². The van der Waals surface area contributed by atoms with E-state index in [1.807, 2.05) is 13.0 Å². The highest BCUT2D eigenvalue weighted by Crippen LogP contribution is 2.19. The Hall–Kier alpha value is -1.20. The summed E-state index contributed by atoms with van der Waals surface area (Å²) in [4.78, 5) is 8.98. The van der Waals surface area contributed by atoms with Crippen molar-refractivity contribution in [2.24, 2.45) is 5.73 Å². The molecule has 1 aliphatic rings. The van der Waals surface area contributed by atoms with Gasteiger partial charge in [-0.2, -0.15) is 0 Å². The third kappa shape index (κ3) is 5.25. The van der Waals surface area contributed by atoms with Gasteiger partial charge in [0.15, 0.2) is 0 Å². The summed E-state index contributed by atoms with van der Waals surface area (Å²) in [6.07, 6.45) is 4.73. The second-order valence-corrected chi connectivity index (χ2v) is 6.24. The van der Waals surface area contributed by atoms with Crippen LogP contribution in [0.2, 0.25) is 0 Å². The van der Waals surface area contributed by atoms with E-state index >= 15 is 0 Å². The van der Waals surface area contributed by atoms with Crippen molar-refractivity contribution in [3.8, 4) is 0 Å². The molecule has 21 heavy (non-hydrogen) atoms. The Bertz CT molecular complexity index is 442. The summed E-state index contributed by atoms with van der Waals surface area (Å²) < 4.78 is 5.90. The molecule has 1 fully saturated rings. The number of hydrogen-bond acceptors (Lipinski definition) is 5. The number of ether oxygens (including phenoxy) is 1. The van der Waals surface area contributed by atoms with Gasteiger partial charge in [-0.05, 0) is 32.6 Å². The van der Waals surface area contributed by atoms with Crippen LogP contribution in [0.25, 0.3) is 0 Å². The Kier molecular flexibility index (Phi) is 5.94. The molecule has 0 aliphatic heterocycles. The molecule has 1 aromatic rings. The van der Waals surface area contributed by atoms with E-state index in [4.69, 9.17) is 10.5 Å². The van der Waals surface area contributed by atoms with Gasteiger partial charge in [0.1, 0.15) is 11.6 Å². The highest BCUT2D eigenvalue weighted by molar-refractivity contribution is 5.36. The summed E-state index contributed by atoms with van der Waals surface area (Å²) in [6.45, 7) is 7.70. The maximum absolute atomic E-state index is 5.90. The predicted octanol–water partition coefficient (Wildman–Crippen LogP) is 2.61. The Morgan fingerprint density at radius 3 is 2.67 bits per heavy atom. The van der Waals surface area contributed by atoms with Gasteiger partial charge in [0.25, 0.3) is 0 Å². The molecule has 0 unspecified atom stereocenters. The molecule has 1 saturated carbocycles.